The smallest absolute Gasteiger partial charge is 0.176 e. The average Bonchev–Trinajstić information content (AvgIpc) is 2.22. The highest BCUT2D eigenvalue weighted by Gasteiger charge is 2.07. The summed E-state index contributed by atoms with van der Waals surface area (Å²) in [4.78, 5) is 0. The van der Waals surface area contributed by atoms with Gasteiger partial charge in [0.25, 0.3) is 0 Å². The zero-order chi connectivity index (χ0) is 11.3. The summed E-state index contributed by atoms with van der Waals surface area (Å²) in [7, 11) is 0. The van der Waals surface area contributed by atoms with E-state index in [0.717, 1.165) is 0 Å². The number of benzene rings is 1. The van der Waals surface area contributed by atoms with Gasteiger partial charge in [-0.25, -0.2) is 0 Å². The third-order valence-corrected chi connectivity index (χ3v) is 1.99. The van der Waals surface area contributed by atoms with Crippen LogP contribution in [0.3, 0.4) is 0 Å². The van der Waals surface area contributed by atoms with Crippen molar-refractivity contribution in [2.24, 2.45) is 0 Å². The van der Waals surface area contributed by atoms with E-state index in [0.29, 0.717) is 17.9 Å². The Balaban J connectivity index is 3.12. The Kier molecular flexibility index (Phi) is 4.02. The van der Waals surface area contributed by atoms with Crippen molar-refractivity contribution < 1.29 is 9.84 Å². The van der Waals surface area contributed by atoms with Crippen molar-refractivity contribution in [1.29, 1.82) is 5.26 Å². The molecule has 4 heteroatoms. The topological polar surface area (TPSA) is 53.2 Å². The number of hydrogen-bond donors (Lipinski definition) is 1. The van der Waals surface area contributed by atoms with Crippen LogP contribution in [0.5, 0.6) is 11.5 Å². The summed E-state index contributed by atoms with van der Waals surface area (Å²) in [6, 6.07) is 5.06. The third-order valence-electron chi connectivity index (χ3n) is 1.70. The largest absolute Gasteiger partial charge is 0.503 e. The number of nitrogens with zero attached hydrogens (tertiary/aromatic N) is 1. The number of phenolic OH excluding ortho intramolecular Hbond substituents is 1. The van der Waals surface area contributed by atoms with Crippen molar-refractivity contribution in [2.75, 3.05) is 6.61 Å². The van der Waals surface area contributed by atoms with Crippen molar-refractivity contribution in [2.45, 2.75) is 6.92 Å². The SMILES string of the molecule is CCOc1cc(/C=C/C#N)cc(Cl)c1O. The highest BCUT2D eigenvalue weighted by Crippen LogP contribution is 2.35. The highest BCUT2D eigenvalue weighted by molar-refractivity contribution is 6.32. The van der Waals surface area contributed by atoms with Crippen molar-refractivity contribution in [3.8, 4) is 17.6 Å². The van der Waals surface area contributed by atoms with E-state index < -0.39 is 0 Å². The molecule has 0 saturated heterocycles. The number of hydrogen-bond acceptors (Lipinski definition) is 3. The summed E-state index contributed by atoms with van der Waals surface area (Å²) in [5, 5.41) is 18.1. The minimum Gasteiger partial charge on any atom is -0.503 e. The summed E-state index contributed by atoms with van der Waals surface area (Å²) in [6.07, 6.45) is 2.92. The number of phenols is 1. The predicted molar refractivity (Wildman–Crippen MR) is 58.9 cm³/mol. The van der Waals surface area contributed by atoms with Gasteiger partial charge in [0.05, 0.1) is 17.7 Å². The molecule has 0 radical (unpaired) electrons. The molecule has 1 N–H and O–H groups in total. The van der Waals surface area contributed by atoms with Crippen molar-refractivity contribution in [3.63, 3.8) is 0 Å². The first-order valence-electron chi connectivity index (χ1n) is 4.40. The first kappa shape index (κ1) is 11.4. The zero-order valence-corrected chi connectivity index (χ0v) is 8.95. The second-order valence-electron chi connectivity index (χ2n) is 2.74. The highest BCUT2D eigenvalue weighted by atomic mass is 35.5. The second-order valence-corrected chi connectivity index (χ2v) is 3.15. The van der Waals surface area contributed by atoms with E-state index >= 15 is 0 Å². The van der Waals surface area contributed by atoms with Crippen LogP contribution >= 0.6 is 11.6 Å². The first-order chi connectivity index (χ1) is 7.19. The Labute approximate surface area is 93.2 Å². The fraction of sp³-hybridized carbons (Fsp3) is 0.182. The Morgan fingerprint density at radius 2 is 2.33 bits per heavy atom. The van der Waals surface area contributed by atoms with Gasteiger partial charge in [-0.1, -0.05) is 11.6 Å². The molecule has 0 fully saturated rings. The number of rotatable bonds is 3. The van der Waals surface area contributed by atoms with Crippen LogP contribution in [0.1, 0.15) is 12.5 Å². The molecule has 15 heavy (non-hydrogen) atoms. The lowest BCUT2D eigenvalue weighted by atomic mass is 10.2. The van der Waals surface area contributed by atoms with E-state index in [-0.39, 0.29) is 10.8 Å². The maximum atomic E-state index is 9.53. The number of nitriles is 1. The molecule has 0 amide bonds. The fourth-order valence-electron chi connectivity index (χ4n) is 1.09. The molecule has 1 aromatic carbocycles. The van der Waals surface area contributed by atoms with Gasteiger partial charge in [0, 0.05) is 6.08 Å². The maximum absolute atomic E-state index is 9.53. The third kappa shape index (κ3) is 2.90. The lowest BCUT2D eigenvalue weighted by molar-refractivity contribution is 0.318. The Hall–Kier alpha value is -1.66. The van der Waals surface area contributed by atoms with Crippen LogP contribution in [-0.2, 0) is 0 Å². The molecule has 0 aliphatic carbocycles. The van der Waals surface area contributed by atoms with Crippen LogP contribution in [0.2, 0.25) is 5.02 Å². The lowest BCUT2D eigenvalue weighted by Crippen LogP contribution is -1.92. The van der Waals surface area contributed by atoms with E-state index in [1.54, 1.807) is 18.2 Å². The van der Waals surface area contributed by atoms with Gasteiger partial charge in [0.1, 0.15) is 0 Å². The van der Waals surface area contributed by atoms with Crippen LogP contribution in [-0.4, -0.2) is 11.7 Å². The van der Waals surface area contributed by atoms with Gasteiger partial charge in [-0.05, 0) is 30.7 Å². The molecular weight excluding hydrogens is 214 g/mol. The van der Waals surface area contributed by atoms with Gasteiger partial charge in [-0.2, -0.15) is 5.26 Å². The molecule has 1 aromatic rings. The van der Waals surface area contributed by atoms with Gasteiger partial charge < -0.3 is 9.84 Å². The summed E-state index contributed by atoms with van der Waals surface area (Å²) < 4.78 is 5.19. The van der Waals surface area contributed by atoms with Gasteiger partial charge in [0.15, 0.2) is 11.5 Å². The zero-order valence-electron chi connectivity index (χ0n) is 8.20. The van der Waals surface area contributed by atoms with E-state index in [9.17, 15) is 5.11 Å². The Bertz CT molecular complexity index is 421. The first-order valence-corrected chi connectivity index (χ1v) is 4.78. The van der Waals surface area contributed by atoms with Crippen LogP contribution in [0, 0.1) is 11.3 Å². The standard InChI is InChI=1S/C11H10ClNO2/c1-2-15-10-7-8(4-3-5-13)6-9(12)11(10)14/h3-4,6-7,14H,2H2,1H3/b4-3+. The number of ether oxygens (including phenoxy) is 1. The van der Waals surface area contributed by atoms with Gasteiger partial charge in [-0.15, -0.1) is 0 Å². The van der Waals surface area contributed by atoms with Crippen LogP contribution in [0.25, 0.3) is 6.08 Å². The molecule has 0 atom stereocenters. The maximum Gasteiger partial charge on any atom is 0.176 e. The van der Waals surface area contributed by atoms with Gasteiger partial charge in [0.2, 0.25) is 0 Å². The predicted octanol–water partition coefficient (Wildman–Crippen LogP) is 2.98. The van der Waals surface area contributed by atoms with E-state index in [2.05, 4.69) is 0 Å². The summed E-state index contributed by atoms with van der Waals surface area (Å²) in [6.45, 7) is 2.25. The molecule has 3 nitrogen and oxygen atoms in total. The average molecular weight is 224 g/mol. The van der Waals surface area contributed by atoms with Crippen molar-refractivity contribution >= 4 is 17.7 Å². The number of allylic oxidation sites excluding steroid dienone is 1. The van der Waals surface area contributed by atoms with Gasteiger partial charge >= 0.3 is 0 Å². The molecule has 0 heterocycles. The number of halogens is 1. The molecule has 0 aliphatic heterocycles. The molecule has 0 spiro atoms. The second kappa shape index (κ2) is 5.28. The molecule has 0 aliphatic rings. The van der Waals surface area contributed by atoms with E-state index in [1.807, 2.05) is 13.0 Å². The Morgan fingerprint density at radius 1 is 1.60 bits per heavy atom. The molecular formula is C11H10ClNO2. The van der Waals surface area contributed by atoms with Crippen molar-refractivity contribution in [3.05, 3.63) is 28.8 Å². The fourth-order valence-corrected chi connectivity index (χ4v) is 1.31. The summed E-state index contributed by atoms with van der Waals surface area (Å²) in [5.41, 5.74) is 0.711. The molecule has 1 rings (SSSR count). The molecule has 0 saturated carbocycles. The van der Waals surface area contributed by atoms with E-state index in [1.165, 1.54) is 6.08 Å². The Morgan fingerprint density at radius 3 is 2.93 bits per heavy atom. The lowest BCUT2D eigenvalue weighted by Gasteiger charge is -2.07. The van der Waals surface area contributed by atoms with Crippen LogP contribution in [0.4, 0.5) is 0 Å². The van der Waals surface area contributed by atoms with Crippen LogP contribution in [0.15, 0.2) is 18.2 Å². The van der Waals surface area contributed by atoms with Gasteiger partial charge in [-0.3, -0.25) is 0 Å². The molecule has 78 valence electrons. The minimum absolute atomic E-state index is 0.0763. The quantitative estimate of drug-likeness (QED) is 0.802. The summed E-state index contributed by atoms with van der Waals surface area (Å²) in [5.74, 6) is 0.246. The van der Waals surface area contributed by atoms with Crippen LogP contribution < -0.4 is 4.74 Å². The molecule has 0 aromatic heterocycles. The number of aromatic hydroxyl groups is 1. The monoisotopic (exact) mass is 223 g/mol. The minimum atomic E-state index is -0.0763. The summed E-state index contributed by atoms with van der Waals surface area (Å²) >= 11 is 5.79. The van der Waals surface area contributed by atoms with Crippen molar-refractivity contribution in [1.82, 2.24) is 0 Å². The molecule has 0 unspecified atom stereocenters. The molecule has 0 bridgehead atoms. The van der Waals surface area contributed by atoms with E-state index in [4.69, 9.17) is 21.6 Å². The normalized spacial score (nSPS) is 10.2.